The summed E-state index contributed by atoms with van der Waals surface area (Å²) in [7, 11) is 0. The lowest BCUT2D eigenvalue weighted by Crippen LogP contribution is -2.25. The monoisotopic (exact) mass is 344 g/mol. The summed E-state index contributed by atoms with van der Waals surface area (Å²) in [4.78, 5) is 27.3. The fourth-order valence-electron chi connectivity index (χ4n) is 3.44. The largest absolute Gasteiger partial charge is 0.486 e. The van der Waals surface area contributed by atoms with E-state index in [9.17, 15) is 9.59 Å². The molecule has 3 aliphatic rings. The van der Waals surface area contributed by atoms with Gasteiger partial charge in [-0.25, -0.2) is 0 Å². The Morgan fingerprint density at radius 1 is 1.08 bits per heavy atom. The lowest BCUT2D eigenvalue weighted by Gasteiger charge is -2.21. The topological polar surface area (TPSA) is 67.9 Å². The van der Waals surface area contributed by atoms with E-state index in [-0.39, 0.29) is 17.6 Å². The summed E-state index contributed by atoms with van der Waals surface area (Å²) >= 11 is 0. The van der Waals surface area contributed by atoms with Gasteiger partial charge >= 0.3 is 0 Å². The van der Waals surface area contributed by atoms with Crippen molar-refractivity contribution < 1.29 is 19.1 Å². The first kappa shape index (κ1) is 16.4. The van der Waals surface area contributed by atoms with Crippen LogP contribution in [0.3, 0.4) is 0 Å². The number of benzene rings is 1. The Hall–Kier alpha value is -2.08. The average Bonchev–Trinajstić information content (AvgIpc) is 3.34. The summed E-state index contributed by atoms with van der Waals surface area (Å²) < 4.78 is 11.2. The number of nitrogens with one attached hydrogen (secondary N) is 1. The van der Waals surface area contributed by atoms with E-state index in [0.29, 0.717) is 42.4 Å². The van der Waals surface area contributed by atoms with Crippen LogP contribution in [0.15, 0.2) is 12.1 Å². The van der Waals surface area contributed by atoms with Gasteiger partial charge in [0.05, 0.1) is 5.69 Å². The van der Waals surface area contributed by atoms with Crippen LogP contribution in [0, 0.1) is 5.92 Å². The van der Waals surface area contributed by atoms with Crippen LogP contribution in [0.1, 0.15) is 42.5 Å². The highest BCUT2D eigenvalue weighted by atomic mass is 16.6. The van der Waals surface area contributed by atoms with Gasteiger partial charge in [-0.1, -0.05) is 0 Å². The molecule has 1 saturated carbocycles. The van der Waals surface area contributed by atoms with Gasteiger partial charge in [0.15, 0.2) is 17.3 Å². The van der Waals surface area contributed by atoms with Gasteiger partial charge in [0.25, 0.3) is 0 Å². The van der Waals surface area contributed by atoms with Crippen molar-refractivity contribution in [2.24, 2.45) is 5.92 Å². The first-order valence-corrected chi connectivity index (χ1v) is 9.21. The SMILES string of the molecule is O=C(CCN1CCCC1)Nc1cc2c(cc1C(=O)C1CC1)OCCO2. The van der Waals surface area contributed by atoms with Gasteiger partial charge in [-0.3, -0.25) is 9.59 Å². The van der Waals surface area contributed by atoms with E-state index in [0.717, 1.165) is 32.5 Å². The van der Waals surface area contributed by atoms with Crippen LogP contribution in [0.5, 0.6) is 11.5 Å². The van der Waals surface area contributed by atoms with Gasteiger partial charge in [-0.05, 0) is 44.8 Å². The molecule has 0 spiro atoms. The Bertz CT molecular complexity index is 678. The van der Waals surface area contributed by atoms with Crippen LogP contribution >= 0.6 is 0 Å². The van der Waals surface area contributed by atoms with E-state index >= 15 is 0 Å². The van der Waals surface area contributed by atoms with Crippen molar-refractivity contribution in [1.82, 2.24) is 4.90 Å². The van der Waals surface area contributed by atoms with Gasteiger partial charge in [0.2, 0.25) is 5.91 Å². The average molecular weight is 344 g/mol. The molecule has 1 saturated heterocycles. The van der Waals surface area contributed by atoms with Crippen molar-refractivity contribution in [2.75, 3.05) is 38.2 Å². The van der Waals surface area contributed by atoms with Crippen LogP contribution in [0.2, 0.25) is 0 Å². The number of hydrogen-bond acceptors (Lipinski definition) is 5. The molecule has 0 unspecified atom stereocenters. The summed E-state index contributed by atoms with van der Waals surface area (Å²) in [6.07, 6.45) is 4.71. The molecule has 4 rings (SSSR count). The Morgan fingerprint density at radius 2 is 1.76 bits per heavy atom. The summed E-state index contributed by atoms with van der Waals surface area (Å²) in [6, 6.07) is 3.46. The smallest absolute Gasteiger partial charge is 0.225 e. The van der Waals surface area contributed by atoms with Gasteiger partial charge in [-0.15, -0.1) is 0 Å². The highest BCUT2D eigenvalue weighted by Crippen LogP contribution is 2.40. The van der Waals surface area contributed by atoms with Crippen LogP contribution < -0.4 is 14.8 Å². The molecular formula is C19H24N2O4. The summed E-state index contributed by atoms with van der Waals surface area (Å²) in [6.45, 7) is 3.87. The quantitative estimate of drug-likeness (QED) is 0.803. The van der Waals surface area contributed by atoms with Gasteiger partial charge in [0.1, 0.15) is 13.2 Å². The molecule has 0 atom stereocenters. The third-order valence-corrected chi connectivity index (χ3v) is 5.02. The molecule has 0 bridgehead atoms. The standard InChI is InChI=1S/C19H24N2O4/c22-18(5-8-21-6-1-2-7-21)20-15-12-17-16(24-9-10-25-17)11-14(15)19(23)13-3-4-13/h11-13H,1-10H2,(H,20,22). The number of likely N-dealkylation sites (tertiary alicyclic amines) is 1. The van der Waals surface area contributed by atoms with Crippen molar-refractivity contribution >= 4 is 17.4 Å². The third-order valence-electron chi connectivity index (χ3n) is 5.02. The van der Waals surface area contributed by atoms with Crippen molar-refractivity contribution in [1.29, 1.82) is 0 Å². The van der Waals surface area contributed by atoms with Crippen LogP contribution in [-0.4, -0.2) is 49.4 Å². The maximum Gasteiger partial charge on any atom is 0.225 e. The number of amides is 1. The molecule has 2 heterocycles. The molecule has 0 aromatic heterocycles. The number of anilines is 1. The van der Waals surface area contributed by atoms with E-state index < -0.39 is 0 Å². The minimum absolute atomic E-state index is 0.0616. The summed E-state index contributed by atoms with van der Waals surface area (Å²) in [5.74, 6) is 1.29. The molecule has 0 radical (unpaired) electrons. The number of rotatable bonds is 6. The summed E-state index contributed by atoms with van der Waals surface area (Å²) in [5, 5.41) is 2.93. The minimum Gasteiger partial charge on any atom is -0.486 e. The molecule has 6 nitrogen and oxygen atoms in total. The van der Waals surface area contributed by atoms with Crippen molar-refractivity contribution in [2.45, 2.75) is 32.1 Å². The van der Waals surface area contributed by atoms with E-state index in [1.807, 2.05) is 0 Å². The van der Waals surface area contributed by atoms with Crippen molar-refractivity contribution in [3.05, 3.63) is 17.7 Å². The van der Waals surface area contributed by atoms with Crippen LogP contribution in [0.25, 0.3) is 0 Å². The number of hydrogen-bond donors (Lipinski definition) is 1. The molecule has 1 aromatic carbocycles. The molecule has 1 aromatic rings. The highest BCUT2D eigenvalue weighted by molar-refractivity contribution is 6.07. The fraction of sp³-hybridized carbons (Fsp3) is 0.579. The van der Waals surface area contributed by atoms with E-state index in [4.69, 9.17) is 9.47 Å². The Morgan fingerprint density at radius 3 is 2.44 bits per heavy atom. The van der Waals surface area contributed by atoms with Crippen molar-refractivity contribution in [3.8, 4) is 11.5 Å². The number of carbonyl (C=O) groups excluding carboxylic acids is 2. The zero-order valence-electron chi connectivity index (χ0n) is 14.4. The maximum atomic E-state index is 12.6. The van der Waals surface area contributed by atoms with Crippen LogP contribution in [0.4, 0.5) is 5.69 Å². The van der Waals surface area contributed by atoms with E-state index in [2.05, 4.69) is 10.2 Å². The van der Waals surface area contributed by atoms with Crippen LogP contribution in [-0.2, 0) is 4.79 Å². The first-order valence-electron chi connectivity index (χ1n) is 9.21. The molecule has 1 aliphatic carbocycles. The number of ether oxygens (including phenoxy) is 2. The number of Topliss-reactive ketones (excluding diaryl/α,β-unsaturated/α-hetero) is 1. The second-order valence-corrected chi connectivity index (χ2v) is 7.03. The predicted octanol–water partition coefficient (Wildman–Crippen LogP) is 2.47. The molecule has 25 heavy (non-hydrogen) atoms. The van der Waals surface area contributed by atoms with Crippen molar-refractivity contribution in [3.63, 3.8) is 0 Å². The third kappa shape index (κ3) is 3.79. The number of fused-ring (bicyclic) bond motifs is 1. The molecule has 1 N–H and O–H groups in total. The Kier molecular flexibility index (Phi) is 4.61. The van der Waals surface area contributed by atoms with E-state index in [1.54, 1.807) is 12.1 Å². The fourth-order valence-corrected chi connectivity index (χ4v) is 3.44. The highest BCUT2D eigenvalue weighted by Gasteiger charge is 2.33. The van der Waals surface area contributed by atoms with Gasteiger partial charge < -0.3 is 19.7 Å². The number of ketones is 1. The van der Waals surface area contributed by atoms with Gasteiger partial charge in [-0.2, -0.15) is 0 Å². The number of carbonyl (C=O) groups is 2. The molecule has 2 aliphatic heterocycles. The second-order valence-electron chi connectivity index (χ2n) is 7.03. The normalized spacial score (nSPS) is 19.7. The zero-order valence-corrected chi connectivity index (χ0v) is 14.4. The number of nitrogens with zero attached hydrogens (tertiary/aromatic N) is 1. The molecule has 134 valence electrons. The lowest BCUT2D eigenvalue weighted by molar-refractivity contribution is -0.116. The Labute approximate surface area is 147 Å². The predicted molar refractivity (Wildman–Crippen MR) is 93.4 cm³/mol. The Balaban J connectivity index is 1.49. The zero-order chi connectivity index (χ0) is 17.2. The molecule has 2 fully saturated rings. The summed E-state index contributed by atoms with van der Waals surface area (Å²) in [5.41, 5.74) is 1.09. The van der Waals surface area contributed by atoms with E-state index in [1.165, 1.54) is 12.8 Å². The lowest BCUT2D eigenvalue weighted by atomic mass is 10.0. The molecule has 6 heteroatoms. The second kappa shape index (κ2) is 7.04. The molecule has 1 amide bonds. The van der Waals surface area contributed by atoms with Gasteiger partial charge in [0, 0.05) is 30.5 Å². The first-order chi connectivity index (χ1) is 12.2. The molecular weight excluding hydrogens is 320 g/mol. The maximum absolute atomic E-state index is 12.6. The minimum atomic E-state index is -0.0616.